The molecule has 4 heteroatoms. The molecule has 2 nitrogen and oxygen atoms in total. The van der Waals surface area contributed by atoms with Gasteiger partial charge in [0.05, 0.1) is 0 Å². The van der Waals surface area contributed by atoms with E-state index >= 15 is 0 Å². The minimum absolute atomic E-state index is 0.183. The predicted molar refractivity (Wildman–Crippen MR) is 178 cm³/mol. The second-order valence-corrected chi connectivity index (χ2v) is 12.4. The molecule has 0 radical (unpaired) electrons. The molecule has 0 aromatic heterocycles. The maximum atomic E-state index is 2.56. The number of fused-ring (bicyclic) bond motifs is 4. The molecule has 0 unspecified atom stereocenters. The lowest BCUT2D eigenvalue weighted by molar-refractivity contribution is 0.444. The van der Waals surface area contributed by atoms with Crippen molar-refractivity contribution >= 4 is 69.0 Å². The summed E-state index contributed by atoms with van der Waals surface area (Å²) in [6, 6.07) is 43.2. The van der Waals surface area contributed by atoms with Gasteiger partial charge < -0.3 is 9.80 Å². The van der Waals surface area contributed by atoms with E-state index < -0.39 is 0 Å². The van der Waals surface area contributed by atoms with Crippen molar-refractivity contribution in [3.63, 3.8) is 0 Å². The zero-order valence-electron chi connectivity index (χ0n) is 23.5. The summed E-state index contributed by atoms with van der Waals surface area (Å²) in [6.45, 7) is 0.183. The molecule has 200 valence electrons. The van der Waals surface area contributed by atoms with E-state index in [2.05, 4.69) is 131 Å². The first-order valence-corrected chi connectivity index (χ1v) is 16.2. The first-order chi connectivity index (χ1) is 20.3. The van der Waals surface area contributed by atoms with Crippen LogP contribution < -0.4 is 26.2 Å². The van der Waals surface area contributed by atoms with Crippen LogP contribution in [-0.4, -0.2) is 13.0 Å². The minimum atomic E-state index is 0.183. The van der Waals surface area contributed by atoms with Gasteiger partial charge in [0.15, 0.2) is 0 Å². The fourth-order valence-corrected chi connectivity index (χ4v) is 7.89. The average molecular weight is 549 g/mol. The summed E-state index contributed by atoms with van der Waals surface area (Å²) in [7, 11) is 0. The zero-order chi connectivity index (χ0) is 27.3. The average Bonchev–Trinajstić information content (AvgIpc) is 3.05. The molecule has 0 bridgehead atoms. The molecule has 0 atom stereocenters. The van der Waals surface area contributed by atoms with Crippen LogP contribution in [0, 0.1) is 0 Å². The van der Waals surface area contributed by atoms with Crippen LogP contribution in [-0.2, 0) is 0 Å². The molecule has 2 heterocycles. The van der Waals surface area contributed by atoms with Crippen molar-refractivity contribution in [1.29, 1.82) is 0 Å². The first kappa shape index (κ1) is 24.9. The maximum Gasteiger partial charge on any atom is 0.252 e. The first-order valence-electron chi connectivity index (χ1n) is 15.0. The van der Waals surface area contributed by atoms with Gasteiger partial charge in [-0.25, -0.2) is 0 Å². The third-order valence-electron chi connectivity index (χ3n) is 9.31. The van der Waals surface area contributed by atoms with Crippen LogP contribution in [0.4, 0.5) is 34.1 Å². The number of thioether (sulfide) groups is 1. The van der Waals surface area contributed by atoms with Gasteiger partial charge in [0.1, 0.15) is 0 Å². The number of para-hydroxylation sites is 3. The Morgan fingerprint density at radius 2 is 1.17 bits per heavy atom. The normalized spacial score (nSPS) is 15.8. The number of anilines is 6. The molecule has 0 amide bonds. The van der Waals surface area contributed by atoms with Crippen molar-refractivity contribution < 1.29 is 0 Å². The van der Waals surface area contributed by atoms with Crippen LogP contribution in [0.5, 0.6) is 0 Å². The molecule has 1 fully saturated rings. The Labute approximate surface area is 248 Å². The lowest BCUT2D eigenvalue weighted by atomic mass is 9.33. The van der Waals surface area contributed by atoms with E-state index in [1.165, 1.54) is 93.1 Å². The highest BCUT2D eigenvalue weighted by atomic mass is 32.2. The van der Waals surface area contributed by atoms with Crippen LogP contribution in [0.2, 0.25) is 0 Å². The van der Waals surface area contributed by atoms with Gasteiger partial charge in [-0.3, -0.25) is 0 Å². The van der Waals surface area contributed by atoms with Gasteiger partial charge in [-0.1, -0.05) is 79.9 Å². The number of hydrogen-bond donors (Lipinski definition) is 0. The summed E-state index contributed by atoms with van der Waals surface area (Å²) in [5.41, 5.74) is 13.4. The fourth-order valence-electron chi connectivity index (χ4n) is 7.45. The van der Waals surface area contributed by atoms with Gasteiger partial charge in [0, 0.05) is 39.0 Å². The molecule has 1 saturated carbocycles. The smallest absolute Gasteiger partial charge is 0.252 e. The number of benzene rings is 5. The fraction of sp³-hybridized carbons (Fsp3) is 0.189. The van der Waals surface area contributed by atoms with Crippen LogP contribution in [0.3, 0.4) is 0 Å². The third kappa shape index (κ3) is 4.03. The number of rotatable bonds is 4. The summed E-state index contributed by atoms with van der Waals surface area (Å²) in [6.07, 6.45) is 8.75. The standard InChI is InChI=1S/C37H33BN2S/c1-41-30-21-22-32-34(25-30)40(29-17-9-4-10-18-29)36-24-27(26-13-5-2-6-14-26)23-35-37(36)38(32)31-19-11-12-20-33(31)39(35)28-15-7-3-8-16-28/h3-4,7-12,15-26H,2,5-6,13-14H2,1H3. The monoisotopic (exact) mass is 548 g/mol. The van der Waals surface area contributed by atoms with E-state index in [4.69, 9.17) is 0 Å². The van der Waals surface area contributed by atoms with Gasteiger partial charge in [0.2, 0.25) is 0 Å². The lowest BCUT2D eigenvalue weighted by Crippen LogP contribution is -2.61. The highest BCUT2D eigenvalue weighted by molar-refractivity contribution is 7.98. The Kier molecular flexibility index (Phi) is 6.18. The van der Waals surface area contributed by atoms with Crippen LogP contribution >= 0.6 is 11.8 Å². The molecular weight excluding hydrogens is 515 g/mol. The SMILES string of the molecule is CSc1ccc2c(c1)N(c1ccccc1)c1cc(C3CCCCC3)cc3c1B2c1ccccc1N3c1ccccc1. The van der Waals surface area contributed by atoms with E-state index in [0.29, 0.717) is 5.92 Å². The maximum absolute atomic E-state index is 2.56. The van der Waals surface area contributed by atoms with Crippen LogP contribution in [0.1, 0.15) is 43.6 Å². The molecule has 0 saturated heterocycles. The van der Waals surface area contributed by atoms with E-state index in [9.17, 15) is 0 Å². The van der Waals surface area contributed by atoms with Crippen LogP contribution in [0.25, 0.3) is 0 Å². The molecule has 2 aliphatic heterocycles. The largest absolute Gasteiger partial charge is 0.311 e. The van der Waals surface area contributed by atoms with E-state index in [1.807, 2.05) is 11.8 Å². The topological polar surface area (TPSA) is 6.48 Å². The van der Waals surface area contributed by atoms with Gasteiger partial charge in [-0.2, -0.15) is 0 Å². The molecule has 41 heavy (non-hydrogen) atoms. The molecule has 0 spiro atoms. The summed E-state index contributed by atoms with van der Waals surface area (Å²) < 4.78 is 0. The Hall–Kier alpha value is -3.89. The minimum Gasteiger partial charge on any atom is -0.311 e. The Bertz CT molecular complexity index is 1730. The lowest BCUT2D eigenvalue weighted by Gasteiger charge is -2.45. The molecule has 8 rings (SSSR count). The van der Waals surface area contributed by atoms with Crippen molar-refractivity contribution in [1.82, 2.24) is 0 Å². The molecule has 5 aromatic carbocycles. The Balaban J connectivity index is 1.48. The van der Waals surface area contributed by atoms with Gasteiger partial charge in [0.25, 0.3) is 6.71 Å². The second-order valence-electron chi connectivity index (χ2n) is 11.6. The summed E-state index contributed by atoms with van der Waals surface area (Å²) in [5, 5.41) is 0. The molecule has 0 N–H and O–H groups in total. The Morgan fingerprint density at radius 1 is 0.585 bits per heavy atom. The summed E-state index contributed by atoms with van der Waals surface area (Å²) >= 11 is 1.82. The van der Waals surface area contributed by atoms with E-state index in [1.54, 1.807) is 0 Å². The van der Waals surface area contributed by atoms with Crippen molar-refractivity contribution in [2.75, 3.05) is 16.1 Å². The van der Waals surface area contributed by atoms with Crippen molar-refractivity contribution in [3.05, 3.63) is 121 Å². The number of nitrogens with zero attached hydrogens (tertiary/aromatic N) is 2. The third-order valence-corrected chi connectivity index (χ3v) is 10.0. The summed E-state index contributed by atoms with van der Waals surface area (Å²) in [5.74, 6) is 0.607. The van der Waals surface area contributed by atoms with E-state index in [0.717, 1.165) is 0 Å². The van der Waals surface area contributed by atoms with E-state index in [-0.39, 0.29) is 6.71 Å². The van der Waals surface area contributed by atoms with Crippen molar-refractivity contribution in [2.24, 2.45) is 0 Å². The number of hydrogen-bond acceptors (Lipinski definition) is 3. The van der Waals surface area contributed by atoms with Crippen LogP contribution in [0.15, 0.2) is 120 Å². The molecule has 3 aliphatic rings. The predicted octanol–water partition coefficient (Wildman–Crippen LogP) is 8.54. The molecule has 5 aromatic rings. The molecular formula is C37H33BN2S. The quantitative estimate of drug-likeness (QED) is 0.161. The van der Waals surface area contributed by atoms with Gasteiger partial charge in [-0.05, 0) is 102 Å². The van der Waals surface area contributed by atoms with Gasteiger partial charge >= 0.3 is 0 Å². The second kappa shape index (κ2) is 10.2. The van der Waals surface area contributed by atoms with Crippen molar-refractivity contribution in [3.8, 4) is 0 Å². The summed E-state index contributed by atoms with van der Waals surface area (Å²) in [4.78, 5) is 6.38. The zero-order valence-corrected chi connectivity index (χ0v) is 24.3. The highest BCUT2D eigenvalue weighted by Gasteiger charge is 2.43. The van der Waals surface area contributed by atoms with Crippen molar-refractivity contribution in [2.45, 2.75) is 42.9 Å². The van der Waals surface area contributed by atoms with Gasteiger partial charge in [-0.15, -0.1) is 11.8 Å². The Morgan fingerprint density at radius 3 is 1.83 bits per heavy atom. The molecule has 1 aliphatic carbocycles. The highest BCUT2D eigenvalue weighted by Crippen LogP contribution is 2.46.